The number of imidazole rings is 1. The van der Waals surface area contributed by atoms with E-state index in [-0.39, 0.29) is 6.61 Å². The maximum atomic E-state index is 9.00. The Labute approximate surface area is 94.2 Å². The van der Waals surface area contributed by atoms with Crippen molar-refractivity contribution in [3.05, 3.63) is 42.2 Å². The molecule has 0 saturated heterocycles. The Hall–Kier alpha value is -1.55. The summed E-state index contributed by atoms with van der Waals surface area (Å²) in [7, 11) is 0. The molecule has 84 valence electrons. The van der Waals surface area contributed by atoms with E-state index in [0.29, 0.717) is 6.04 Å². The van der Waals surface area contributed by atoms with Gasteiger partial charge in [-0.1, -0.05) is 0 Å². The van der Waals surface area contributed by atoms with Crippen molar-refractivity contribution in [1.29, 1.82) is 0 Å². The highest BCUT2D eigenvalue weighted by atomic mass is 16.3. The van der Waals surface area contributed by atoms with Crippen LogP contribution in [0.15, 0.2) is 31.0 Å². The second-order valence-electron chi connectivity index (χ2n) is 4.37. The summed E-state index contributed by atoms with van der Waals surface area (Å²) >= 11 is 0. The van der Waals surface area contributed by atoms with E-state index in [2.05, 4.69) is 14.1 Å². The molecule has 1 saturated carbocycles. The van der Waals surface area contributed by atoms with E-state index in [0.717, 1.165) is 12.1 Å². The smallest absolute Gasteiger partial charge is 0.0951 e. The highest BCUT2D eigenvalue weighted by molar-refractivity contribution is 5.11. The standard InChI is InChI=1S/C12H15N3O/c16-8-10-3-4-14(6-10)7-12-5-13-9-15(12)11-1-2-11/h3-6,9,11,16H,1-2,7-8H2. The van der Waals surface area contributed by atoms with Gasteiger partial charge in [-0.15, -0.1) is 0 Å². The molecule has 0 aromatic carbocycles. The SMILES string of the molecule is OCc1ccn(Cc2cncn2C2CC2)c1. The molecule has 0 bridgehead atoms. The Morgan fingerprint density at radius 3 is 3.00 bits per heavy atom. The molecule has 2 aromatic heterocycles. The van der Waals surface area contributed by atoms with Crippen LogP contribution in [-0.2, 0) is 13.2 Å². The topological polar surface area (TPSA) is 43.0 Å². The third-order valence-corrected chi connectivity index (χ3v) is 3.03. The van der Waals surface area contributed by atoms with Gasteiger partial charge in [-0.2, -0.15) is 0 Å². The van der Waals surface area contributed by atoms with Gasteiger partial charge in [0.1, 0.15) is 0 Å². The maximum Gasteiger partial charge on any atom is 0.0951 e. The summed E-state index contributed by atoms with van der Waals surface area (Å²) in [5.41, 5.74) is 2.19. The Morgan fingerprint density at radius 1 is 1.44 bits per heavy atom. The van der Waals surface area contributed by atoms with Crippen LogP contribution >= 0.6 is 0 Å². The first kappa shape index (κ1) is 9.66. The van der Waals surface area contributed by atoms with E-state index in [1.165, 1.54) is 18.5 Å². The van der Waals surface area contributed by atoms with Gasteiger partial charge < -0.3 is 14.2 Å². The average Bonchev–Trinajstić information content (AvgIpc) is 2.88. The second kappa shape index (κ2) is 3.79. The van der Waals surface area contributed by atoms with Crippen molar-refractivity contribution >= 4 is 0 Å². The molecular formula is C12H15N3O. The van der Waals surface area contributed by atoms with Gasteiger partial charge in [0.2, 0.25) is 0 Å². The van der Waals surface area contributed by atoms with Gasteiger partial charge in [-0.25, -0.2) is 4.98 Å². The lowest BCUT2D eigenvalue weighted by Gasteiger charge is -2.07. The Morgan fingerprint density at radius 2 is 2.31 bits per heavy atom. The number of aliphatic hydroxyl groups is 1. The molecule has 1 aliphatic rings. The predicted octanol–water partition coefficient (Wildman–Crippen LogP) is 1.56. The Bertz CT molecular complexity index is 482. The molecule has 0 amide bonds. The third kappa shape index (κ3) is 1.76. The van der Waals surface area contributed by atoms with Crippen LogP contribution in [0.3, 0.4) is 0 Å². The van der Waals surface area contributed by atoms with Crippen LogP contribution in [0.2, 0.25) is 0 Å². The van der Waals surface area contributed by atoms with Crippen molar-refractivity contribution in [2.75, 3.05) is 0 Å². The molecule has 0 unspecified atom stereocenters. The molecule has 0 aliphatic heterocycles. The summed E-state index contributed by atoms with van der Waals surface area (Å²) in [6.07, 6.45) is 10.4. The summed E-state index contributed by atoms with van der Waals surface area (Å²) in [6, 6.07) is 2.61. The first-order chi connectivity index (χ1) is 7.86. The van der Waals surface area contributed by atoms with Crippen LogP contribution < -0.4 is 0 Å². The van der Waals surface area contributed by atoms with E-state index in [4.69, 9.17) is 5.11 Å². The summed E-state index contributed by atoms with van der Waals surface area (Å²) < 4.78 is 4.35. The normalized spacial score (nSPS) is 15.6. The van der Waals surface area contributed by atoms with E-state index in [1.54, 1.807) is 0 Å². The minimum atomic E-state index is 0.106. The van der Waals surface area contributed by atoms with Crippen molar-refractivity contribution in [3.63, 3.8) is 0 Å². The first-order valence-corrected chi connectivity index (χ1v) is 5.63. The molecule has 0 radical (unpaired) electrons. The summed E-state index contributed by atoms with van der Waals surface area (Å²) in [5, 5.41) is 9.00. The van der Waals surface area contributed by atoms with E-state index in [9.17, 15) is 0 Å². The van der Waals surface area contributed by atoms with E-state index >= 15 is 0 Å². The van der Waals surface area contributed by atoms with Crippen LogP contribution in [-0.4, -0.2) is 19.2 Å². The van der Waals surface area contributed by atoms with Crippen molar-refractivity contribution in [2.45, 2.75) is 32.0 Å². The zero-order chi connectivity index (χ0) is 11.0. The van der Waals surface area contributed by atoms with Crippen LogP contribution in [0.25, 0.3) is 0 Å². The van der Waals surface area contributed by atoms with Crippen LogP contribution in [0.4, 0.5) is 0 Å². The van der Waals surface area contributed by atoms with Crippen LogP contribution in [0, 0.1) is 0 Å². The van der Waals surface area contributed by atoms with Gasteiger partial charge in [0.15, 0.2) is 0 Å². The fourth-order valence-corrected chi connectivity index (χ4v) is 2.01. The lowest BCUT2D eigenvalue weighted by atomic mass is 10.4. The highest BCUT2D eigenvalue weighted by Gasteiger charge is 2.25. The quantitative estimate of drug-likeness (QED) is 0.844. The lowest BCUT2D eigenvalue weighted by molar-refractivity contribution is 0.281. The largest absolute Gasteiger partial charge is 0.392 e. The monoisotopic (exact) mass is 217 g/mol. The molecule has 1 fully saturated rings. The molecule has 1 aliphatic carbocycles. The fraction of sp³-hybridized carbons (Fsp3) is 0.417. The van der Waals surface area contributed by atoms with Gasteiger partial charge in [-0.3, -0.25) is 0 Å². The molecular weight excluding hydrogens is 202 g/mol. The minimum Gasteiger partial charge on any atom is -0.392 e. The zero-order valence-corrected chi connectivity index (χ0v) is 9.08. The lowest BCUT2D eigenvalue weighted by Crippen LogP contribution is -2.04. The van der Waals surface area contributed by atoms with Crippen LogP contribution in [0.1, 0.15) is 30.1 Å². The molecule has 4 heteroatoms. The molecule has 1 N–H and O–H groups in total. The Balaban J connectivity index is 1.79. The van der Waals surface area contributed by atoms with E-state index in [1.807, 2.05) is 31.0 Å². The number of hydrogen-bond donors (Lipinski definition) is 1. The number of aromatic nitrogens is 3. The molecule has 0 spiro atoms. The summed E-state index contributed by atoms with van der Waals surface area (Å²) in [4.78, 5) is 4.21. The number of aliphatic hydroxyl groups excluding tert-OH is 1. The summed E-state index contributed by atoms with van der Waals surface area (Å²) in [5.74, 6) is 0. The Kier molecular flexibility index (Phi) is 2.29. The molecule has 3 rings (SSSR count). The molecule has 2 aromatic rings. The van der Waals surface area contributed by atoms with Gasteiger partial charge in [-0.05, 0) is 24.5 Å². The van der Waals surface area contributed by atoms with Gasteiger partial charge in [0.05, 0.1) is 25.2 Å². The first-order valence-electron chi connectivity index (χ1n) is 5.63. The van der Waals surface area contributed by atoms with Crippen molar-refractivity contribution in [1.82, 2.24) is 14.1 Å². The van der Waals surface area contributed by atoms with Gasteiger partial charge in [0, 0.05) is 24.6 Å². The molecule has 16 heavy (non-hydrogen) atoms. The number of rotatable bonds is 4. The molecule has 4 nitrogen and oxygen atoms in total. The van der Waals surface area contributed by atoms with Gasteiger partial charge >= 0.3 is 0 Å². The number of nitrogens with zero attached hydrogens (tertiary/aromatic N) is 3. The molecule has 2 heterocycles. The van der Waals surface area contributed by atoms with Crippen molar-refractivity contribution < 1.29 is 5.11 Å². The van der Waals surface area contributed by atoms with Crippen molar-refractivity contribution in [3.8, 4) is 0 Å². The predicted molar refractivity (Wildman–Crippen MR) is 60.0 cm³/mol. The summed E-state index contributed by atoms with van der Waals surface area (Å²) in [6.45, 7) is 0.936. The van der Waals surface area contributed by atoms with Crippen LogP contribution in [0.5, 0.6) is 0 Å². The second-order valence-corrected chi connectivity index (χ2v) is 4.37. The van der Waals surface area contributed by atoms with E-state index < -0.39 is 0 Å². The maximum absolute atomic E-state index is 9.00. The highest BCUT2D eigenvalue weighted by Crippen LogP contribution is 2.35. The zero-order valence-electron chi connectivity index (χ0n) is 9.08. The fourth-order valence-electron chi connectivity index (χ4n) is 2.01. The minimum absolute atomic E-state index is 0.106. The number of hydrogen-bond acceptors (Lipinski definition) is 2. The molecule has 0 atom stereocenters. The van der Waals surface area contributed by atoms with Gasteiger partial charge in [0.25, 0.3) is 0 Å². The average molecular weight is 217 g/mol. The third-order valence-electron chi connectivity index (χ3n) is 3.03. The van der Waals surface area contributed by atoms with Crippen molar-refractivity contribution in [2.24, 2.45) is 0 Å².